The van der Waals surface area contributed by atoms with Crippen LogP contribution in [0.25, 0.3) is 5.69 Å². The summed E-state index contributed by atoms with van der Waals surface area (Å²) >= 11 is 0. The number of hydrogen-bond acceptors (Lipinski definition) is 7. The summed E-state index contributed by atoms with van der Waals surface area (Å²) in [6, 6.07) is 17.5. The number of nitrogens with zero attached hydrogens (tertiary/aromatic N) is 3. The second kappa shape index (κ2) is 13.8. The van der Waals surface area contributed by atoms with E-state index >= 15 is 0 Å². The van der Waals surface area contributed by atoms with Crippen LogP contribution in [0.15, 0.2) is 54.6 Å². The molecule has 0 bridgehead atoms. The van der Waals surface area contributed by atoms with Crippen molar-refractivity contribution >= 4 is 0 Å². The molecule has 0 aliphatic carbocycles. The fourth-order valence-corrected chi connectivity index (χ4v) is 3.86. The zero-order valence-corrected chi connectivity index (χ0v) is 21.1. The van der Waals surface area contributed by atoms with E-state index in [0.29, 0.717) is 50.2 Å². The summed E-state index contributed by atoms with van der Waals surface area (Å²) in [5.74, 6) is 1.87. The van der Waals surface area contributed by atoms with Gasteiger partial charge >= 0.3 is 0 Å². The number of ether oxygens (including phenoxy) is 4. The van der Waals surface area contributed by atoms with Gasteiger partial charge in [-0.15, -0.1) is 0 Å². The number of aryl methyl sites for hydroxylation is 1. The number of rotatable bonds is 15. The quantitative estimate of drug-likeness (QED) is 0.349. The maximum Gasteiger partial charge on any atom is 0.227 e. The Morgan fingerprint density at radius 2 is 1.71 bits per heavy atom. The highest BCUT2D eigenvalue weighted by atomic mass is 16.5. The van der Waals surface area contributed by atoms with Crippen LogP contribution in [0.2, 0.25) is 0 Å². The molecule has 190 valence electrons. The summed E-state index contributed by atoms with van der Waals surface area (Å²) in [5, 5.41) is 15.5. The molecule has 0 radical (unpaired) electrons. The van der Waals surface area contributed by atoms with Crippen LogP contribution in [0.1, 0.15) is 25.1 Å². The fraction of sp³-hybridized carbons (Fsp3) is 0.444. The van der Waals surface area contributed by atoms with Crippen LogP contribution >= 0.6 is 0 Å². The van der Waals surface area contributed by atoms with Crippen LogP contribution in [-0.2, 0) is 22.4 Å². The zero-order valence-electron chi connectivity index (χ0n) is 21.1. The minimum Gasteiger partial charge on any atom is -0.493 e. The molecule has 1 heterocycles. The minimum absolute atomic E-state index is 0.286. The maximum absolute atomic E-state index is 10.5. The number of para-hydroxylation sites is 3. The predicted octanol–water partition coefficient (Wildman–Crippen LogP) is 4.08. The van der Waals surface area contributed by atoms with Gasteiger partial charge in [-0.1, -0.05) is 37.3 Å². The lowest BCUT2D eigenvalue weighted by atomic mass is 10.1. The molecule has 0 aliphatic rings. The second-order valence-corrected chi connectivity index (χ2v) is 8.13. The van der Waals surface area contributed by atoms with Gasteiger partial charge in [-0.05, 0) is 37.6 Å². The molecule has 2 aromatic carbocycles. The SMILES string of the molecule is CCOC[C@H](O)CN(CCOC)Cc1c(CC)nn(-c2ccccc2)c1Oc1ccccc1OC. The normalized spacial score (nSPS) is 12.2. The first-order valence-electron chi connectivity index (χ1n) is 12.0. The van der Waals surface area contributed by atoms with Gasteiger partial charge in [-0.3, -0.25) is 4.90 Å². The van der Waals surface area contributed by atoms with E-state index in [1.165, 1.54) is 0 Å². The first kappa shape index (κ1) is 26.7. The van der Waals surface area contributed by atoms with Gasteiger partial charge in [-0.25, -0.2) is 4.68 Å². The van der Waals surface area contributed by atoms with Gasteiger partial charge in [0.25, 0.3) is 0 Å². The standard InChI is InChI=1S/C27H37N3O5/c1-5-24-23(19-29(16-17-32-3)18-22(31)20-34-6-2)27(30(28-24)21-12-8-7-9-13-21)35-26-15-11-10-14-25(26)33-4/h7-15,22,31H,5-6,16-20H2,1-4H3/t22-/m1/s1. The molecule has 0 saturated carbocycles. The Morgan fingerprint density at radius 3 is 2.37 bits per heavy atom. The highest BCUT2D eigenvalue weighted by Crippen LogP contribution is 2.36. The highest BCUT2D eigenvalue weighted by molar-refractivity contribution is 5.47. The summed E-state index contributed by atoms with van der Waals surface area (Å²) in [4.78, 5) is 2.15. The molecule has 3 aromatic rings. The first-order valence-corrected chi connectivity index (χ1v) is 12.0. The Hall–Kier alpha value is -2.91. The molecule has 0 unspecified atom stereocenters. The molecule has 0 amide bonds. The number of methoxy groups -OCH3 is 2. The number of aliphatic hydroxyl groups excluding tert-OH is 1. The van der Waals surface area contributed by atoms with E-state index in [0.717, 1.165) is 23.4 Å². The van der Waals surface area contributed by atoms with Crippen LogP contribution < -0.4 is 9.47 Å². The van der Waals surface area contributed by atoms with E-state index in [2.05, 4.69) is 11.8 Å². The average Bonchev–Trinajstić information content (AvgIpc) is 3.23. The molecule has 1 N–H and O–H groups in total. The van der Waals surface area contributed by atoms with Gasteiger partial charge in [-0.2, -0.15) is 5.10 Å². The van der Waals surface area contributed by atoms with Crippen LogP contribution in [0, 0.1) is 0 Å². The number of benzene rings is 2. The van der Waals surface area contributed by atoms with E-state index in [1.54, 1.807) is 14.2 Å². The second-order valence-electron chi connectivity index (χ2n) is 8.13. The lowest BCUT2D eigenvalue weighted by Crippen LogP contribution is -2.36. The van der Waals surface area contributed by atoms with Crippen molar-refractivity contribution in [2.24, 2.45) is 0 Å². The van der Waals surface area contributed by atoms with Crippen molar-refractivity contribution in [1.29, 1.82) is 0 Å². The Kier molecular flexibility index (Phi) is 10.6. The van der Waals surface area contributed by atoms with Crippen LogP contribution in [0.3, 0.4) is 0 Å². The molecule has 1 aromatic heterocycles. The number of hydrogen-bond donors (Lipinski definition) is 1. The summed E-state index contributed by atoms with van der Waals surface area (Å²) in [5.41, 5.74) is 2.79. The van der Waals surface area contributed by atoms with Crippen molar-refractivity contribution in [2.45, 2.75) is 32.9 Å². The van der Waals surface area contributed by atoms with Gasteiger partial charge in [0.2, 0.25) is 5.88 Å². The molecule has 8 heteroatoms. The molecule has 3 rings (SSSR count). The van der Waals surface area contributed by atoms with Gasteiger partial charge in [0, 0.05) is 33.4 Å². The molecule has 0 aliphatic heterocycles. The third-order valence-corrected chi connectivity index (χ3v) is 5.61. The summed E-state index contributed by atoms with van der Waals surface area (Å²) < 4.78 is 24.6. The molecule has 35 heavy (non-hydrogen) atoms. The van der Waals surface area contributed by atoms with E-state index in [-0.39, 0.29) is 6.61 Å². The summed E-state index contributed by atoms with van der Waals surface area (Å²) in [7, 11) is 3.30. The maximum atomic E-state index is 10.5. The molecule has 8 nitrogen and oxygen atoms in total. The van der Waals surface area contributed by atoms with Gasteiger partial charge in [0.1, 0.15) is 0 Å². The topological polar surface area (TPSA) is 78.2 Å². The predicted molar refractivity (Wildman–Crippen MR) is 136 cm³/mol. The molecular weight excluding hydrogens is 446 g/mol. The Labute approximate surface area is 208 Å². The third kappa shape index (κ3) is 7.29. The molecule has 0 fully saturated rings. The molecule has 0 spiro atoms. The largest absolute Gasteiger partial charge is 0.493 e. The smallest absolute Gasteiger partial charge is 0.227 e. The van der Waals surface area contributed by atoms with Gasteiger partial charge in [0.05, 0.1) is 43.4 Å². The van der Waals surface area contributed by atoms with Crippen molar-refractivity contribution < 1.29 is 24.1 Å². The Bertz CT molecular complexity index is 1020. The van der Waals surface area contributed by atoms with Crippen molar-refractivity contribution in [3.05, 3.63) is 65.9 Å². The van der Waals surface area contributed by atoms with Crippen LogP contribution in [0.5, 0.6) is 17.4 Å². The van der Waals surface area contributed by atoms with Crippen molar-refractivity contribution in [3.8, 4) is 23.1 Å². The van der Waals surface area contributed by atoms with E-state index in [9.17, 15) is 5.11 Å². The minimum atomic E-state index is -0.611. The highest BCUT2D eigenvalue weighted by Gasteiger charge is 2.24. The number of aliphatic hydroxyl groups is 1. The zero-order chi connectivity index (χ0) is 25.0. The lowest BCUT2D eigenvalue weighted by molar-refractivity contribution is 0.0147. The van der Waals surface area contributed by atoms with Gasteiger partial charge < -0.3 is 24.1 Å². The number of aromatic nitrogens is 2. The Balaban J connectivity index is 2.02. The van der Waals surface area contributed by atoms with Crippen LogP contribution in [0.4, 0.5) is 0 Å². The lowest BCUT2D eigenvalue weighted by Gasteiger charge is -2.25. The van der Waals surface area contributed by atoms with E-state index in [1.807, 2.05) is 66.2 Å². The van der Waals surface area contributed by atoms with Crippen LogP contribution in [-0.4, -0.2) is 73.0 Å². The monoisotopic (exact) mass is 483 g/mol. The summed E-state index contributed by atoms with van der Waals surface area (Å²) in [6.45, 7) is 7.01. The molecule has 1 atom stereocenters. The van der Waals surface area contributed by atoms with Gasteiger partial charge in [0.15, 0.2) is 11.5 Å². The van der Waals surface area contributed by atoms with Crippen molar-refractivity contribution in [2.75, 3.05) is 47.1 Å². The summed E-state index contributed by atoms with van der Waals surface area (Å²) in [6.07, 6.45) is 0.122. The first-order chi connectivity index (χ1) is 17.1. The molecular formula is C27H37N3O5. The fourth-order valence-electron chi connectivity index (χ4n) is 3.86. The van der Waals surface area contributed by atoms with Crippen molar-refractivity contribution in [3.63, 3.8) is 0 Å². The Morgan fingerprint density at radius 1 is 1.00 bits per heavy atom. The third-order valence-electron chi connectivity index (χ3n) is 5.61. The average molecular weight is 484 g/mol. The van der Waals surface area contributed by atoms with E-state index < -0.39 is 6.10 Å². The van der Waals surface area contributed by atoms with Crippen molar-refractivity contribution in [1.82, 2.24) is 14.7 Å². The van der Waals surface area contributed by atoms with E-state index in [4.69, 9.17) is 24.0 Å². The molecule has 0 saturated heterocycles.